The van der Waals surface area contributed by atoms with Gasteiger partial charge in [0.2, 0.25) is 10.0 Å². The van der Waals surface area contributed by atoms with Crippen LogP contribution in [0.3, 0.4) is 0 Å². The van der Waals surface area contributed by atoms with Crippen LogP contribution in [0.25, 0.3) is 10.9 Å². The molecule has 1 aliphatic heterocycles. The molecular weight excluding hydrogens is 446 g/mol. The molecule has 10 heteroatoms. The van der Waals surface area contributed by atoms with Crippen LogP contribution in [0.15, 0.2) is 47.4 Å². The summed E-state index contributed by atoms with van der Waals surface area (Å²) in [4.78, 5) is 18.3. The maximum Gasteiger partial charge on any atom is 0.270 e. The Morgan fingerprint density at radius 2 is 1.67 bits per heavy atom. The molecule has 3 aromatic rings. The lowest BCUT2D eigenvalue weighted by molar-refractivity contribution is 0.0706. The summed E-state index contributed by atoms with van der Waals surface area (Å²) >= 11 is 0. The average Bonchev–Trinajstić information content (AvgIpc) is 3.28. The highest BCUT2D eigenvalue weighted by Gasteiger charge is 2.28. The van der Waals surface area contributed by atoms with Crippen LogP contribution in [-0.4, -0.2) is 64.7 Å². The van der Waals surface area contributed by atoms with E-state index in [4.69, 9.17) is 14.2 Å². The van der Waals surface area contributed by atoms with Crippen molar-refractivity contribution in [3.63, 3.8) is 0 Å². The predicted octanol–water partition coefficient (Wildman–Crippen LogP) is 2.78. The van der Waals surface area contributed by atoms with E-state index in [0.717, 1.165) is 0 Å². The van der Waals surface area contributed by atoms with Crippen LogP contribution in [0.2, 0.25) is 0 Å². The summed E-state index contributed by atoms with van der Waals surface area (Å²) in [5, 5.41) is 0.712. The number of nitrogens with one attached hydrogen (secondary N) is 2. The highest BCUT2D eigenvalue weighted by molar-refractivity contribution is 7.89. The predicted molar refractivity (Wildman–Crippen MR) is 124 cm³/mol. The molecule has 1 aromatic heterocycles. The molecule has 1 aliphatic rings. The Kier molecular flexibility index (Phi) is 6.48. The first-order chi connectivity index (χ1) is 15.9. The van der Waals surface area contributed by atoms with Gasteiger partial charge in [-0.15, -0.1) is 0 Å². The molecule has 0 spiro atoms. The Hall–Kier alpha value is -3.24. The van der Waals surface area contributed by atoms with E-state index in [0.29, 0.717) is 59.8 Å². The molecule has 0 bridgehead atoms. The Labute approximate surface area is 192 Å². The van der Waals surface area contributed by atoms with Gasteiger partial charge < -0.3 is 24.1 Å². The Bertz CT molecular complexity index is 1250. The minimum Gasteiger partial charge on any atom is -0.496 e. The van der Waals surface area contributed by atoms with E-state index in [1.165, 1.54) is 14.2 Å². The van der Waals surface area contributed by atoms with Crippen LogP contribution in [0, 0.1) is 0 Å². The van der Waals surface area contributed by atoms with Crippen molar-refractivity contribution in [2.24, 2.45) is 0 Å². The molecule has 176 valence electrons. The Morgan fingerprint density at radius 1 is 1.00 bits per heavy atom. The molecule has 4 rings (SSSR count). The van der Waals surface area contributed by atoms with Gasteiger partial charge in [0, 0.05) is 30.6 Å². The quantitative estimate of drug-likeness (QED) is 0.546. The van der Waals surface area contributed by atoms with Gasteiger partial charge in [0.25, 0.3) is 5.91 Å². The normalized spacial score (nSPS) is 14.9. The first-order valence-electron chi connectivity index (χ1n) is 10.6. The third-order valence-electron chi connectivity index (χ3n) is 5.83. The molecule has 1 saturated heterocycles. The van der Waals surface area contributed by atoms with Crippen molar-refractivity contribution in [3.05, 3.63) is 48.2 Å². The highest BCUT2D eigenvalue weighted by atomic mass is 32.2. The average molecular weight is 474 g/mol. The molecular formula is C23H27N3O6S. The first kappa shape index (κ1) is 22.9. The van der Waals surface area contributed by atoms with Gasteiger partial charge in [-0.2, -0.15) is 0 Å². The number of rotatable bonds is 7. The number of hydrogen-bond donors (Lipinski definition) is 2. The summed E-state index contributed by atoms with van der Waals surface area (Å²) in [5.41, 5.74) is 1.01. The van der Waals surface area contributed by atoms with Crippen molar-refractivity contribution < 1.29 is 27.4 Å². The molecule has 2 N–H and O–H groups in total. The SMILES string of the molecule is COc1cc(OC)c2cc(C(=O)N3CCC(NS(=O)(=O)c4ccccc4)CC3)[nH]c2c1OC. The largest absolute Gasteiger partial charge is 0.496 e. The number of ether oxygens (including phenoxy) is 3. The number of fused-ring (bicyclic) bond motifs is 1. The van der Waals surface area contributed by atoms with Crippen molar-refractivity contribution >= 4 is 26.8 Å². The maximum absolute atomic E-state index is 13.2. The molecule has 0 saturated carbocycles. The number of amides is 1. The van der Waals surface area contributed by atoms with E-state index in [9.17, 15) is 13.2 Å². The summed E-state index contributed by atoms with van der Waals surface area (Å²) in [6.07, 6.45) is 1.05. The molecule has 0 atom stereocenters. The minimum atomic E-state index is -3.59. The summed E-state index contributed by atoms with van der Waals surface area (Å²) in [6, 6.07) is 11.5. The molecule has 33 heavy (non-hydrogen) atoms. The molecule has 0 unspecified atom stereocenters. The van der Waals surface area contributed by atoms with E-state index < -0.39 is 10.0 Å². The number of carbonyl (C=O) groups excluding carboxylic acids is 1. The number of sulfonamides is 1. The molecule has 1 amide bonds. The Morgan fingerprint density at radius 3 is 2.27 bits per heavy atom. The molecule has 2 aromatic carbocycles. The second-order valence-electron chi connectivity index (χ2n) is 7.79. The van der Waals surface area contributed by atoms with Crippen molar-refractivity contribution in [2.75, 3.05) is 34.4 Å². The van der Waals surface area contributed by atoms with Crippen LogP contribution < -0.4 is 18.9 Å². The number of methoxy groups -OCH3 is 3. The van der Waals surface area contributed by atoms with Gasteiger partial charge in [0.1, 0.15) is 11.4 Å². The third kappa shape index (κ3) is 4.49. The number of H-pyrrole nitrogens is 1. The zero-order valence-electron chi connectivity index (χ0n) is 18.8. The lowest BCUT2D eigenvalue weighted by Gasteiger charge is -2.32. The summed E-state index contributed by atoms with van der Waals surface area (Å²) in [5.74, 6) is 1.38. The number of likely N-dealkylation sites (tertiary alicyclic amines) is 1. The standard InChI is InChI=1S/C23H27N3O6S/c1-30-19-14-20(31-2)22(32-3)21-17(19)13-18(24-21)23(27)26-11-9-15(10-12-26)25-33(28,29)16-7-5-4-6-8-16/h4-8,13-15,24-25H,9-12H2,1-3H3. The number of aromatic amines is 1. The smallest absolute Gasteiger partial charge is 0.270 e. The minimum absolute atomic E-state index is 0.168. The maximum atomic E-state index is 13.2. The van der Waals surface area contributed by atoms with E-state index in [-0.39, 0.29) is 16.8 Å². The van der Waals surface area contributed by atoms with E-state index in [2.05, 4.69) is 9.71 Å². The molecule has 0 aliphatic carbocycles. The Balaban J connectivity index is 1.49. The van der Waals surface area contributed by atoms with Crippen molar-refractivity contribution in [2.45, 2.75) is 23.8 Å². The van der Waals surface area contributed by atoms with Crippen LogP contribution in [-0.2, 0) is 10.0 Å². The lowest BCUT2D eigenvalue weighted by atomic mass is 10.1. The summed E-state index contributed by atoms with van der Waals surface area (Å²) in [7, 11) is 1.03. The topological polar surface area (TPSA) is 110 Å². The zero-order valence-corrected chi connectivity index (χ0v) is 19.6. The van der Waals surface area contributed by atoms with Crippen LogP contribution in [0.4, 0.5) is 0 Å². The number of piperidine rings is 1. The zero-order chi connectivity index (χ0) is 23.6. The van der Waals surface area contributed by atoms with Gasteiger partial charge in [0.05, 0.1) is 31.7 Å². The monoisotopic (exact) mass is 473 g/mol. The van der Waals surface area contributed by atoms with Gasteiger partial charge in [-0.05, 0) is 31.0 Å². The number of aromatic nitrogens is 1. The number of nitrogens with zero attached hydrogens (tertiary/aromatic N) is 1. The number of hydrogen-bond acceptors (Lipinski definition) is 6. The van der Waals surface area contributed by atoms with E-state index >= 15 is 0 Å². The van der Waals surface area contributed by atoms with Gasteiger partial charge in [-0.3, -0.25) is 4.79 Å². The lowest BCUT2D eigenvalue weighted by Crippen LogP contribution is -2.46. The second-order valence-corrected chi connectivity index (χ2v) is 9.50. The summed E-state index contributed by atoms with van der Waals surface area (Å²) in [6.45, 7) is 0.877. The fourth-order valence-electron chi connectivity index (χ4n) is 4.11. The fraction of sp³-hybridized carbons (Fsp3) is 0.348. The van der Waals surface area contributed by atoms with Crippen LogP contribution in [0.5, 0.6) is 17.2 Å². The molecule has 0 radical (unpaired) electrons. The third-order valence-corrected chi connectivity index (χ3v) is 7.36. The van der Waals surface area contributed by atoms with Crippen LogP contribution >= 0.6 is 0 Å². The summed E-state index contributed by atoms with van der Waals surface area (Å²) < 4.78 is 44.2. The number of benzene rings is 2. The molecule has 2 heterocycles. The van der Waals surface area contributed by atoms with Crippen molar-refractivity contribution in [1.82, 2.24) is 14.6 Å². The van der Waals surface area contributed by atoms with Gasteiger partial charge in [-0.1, -0.05) is 18.2 Å². The van der Waals surface area contributed by atoms with Gasteiger partial charge >= 0.3 is 0 Å². The number of carbonyl (C=O) groups is 1. The van der Waals surface area contributed by atoms with Crippen LogP contribution in [0.1, 0.15) is 23.3 Å². The molecule has 1 fully saturated rings. The first-order valence-corrected chi connectivity index (χ1v) is 12.0. The van der Waals surface area contributed by atoms with Crippen molar-refractivity contribution in [1.29, 1.82) is 0 Å². The van der Waals surface area contributed by atoms with E-state index in [1.807, 2.05) is 0 Å². The fourth-order valence-corrected chi connectivity index (χ4v) is 5.44. The van der Waals surface area contributed by atoms with E-state index in [1.54, 1.807) is 54.5 Å². The second kappa shape index (κ2) is 9.32. The highest BCUT2D eigenvalue weighted by Crippen LogP contribution is 2.41. The van der Waals surface area contributed by atoms with Gasteiger partial charge in [-0.25, -0.2) is 13.1 Å². The van der Waals surface area contributed by atoms with Gasteiger partial charge in [0.15, 0.2) is 11.5 Å². The molecule has 9 nitrogen and oxygen atoms in total. The van der Waals surface area contributed by atoms with Crippen molar-refractivity contribution in [3.8, 4) is 17.2 Å².